The lowest BCUT2D eigenvalue weighted by Gasteiger charge is -2.00. The van der Waals surface area contributed by atoms with Crippen molar-refractivity contribution in [2.45, 2.75) is 10.8 Å². The van der Waals surface area contributed by atoms with Crippen molar-refractivity contribution in [1.29, 1.82) is 0 Å². The van der Waals surface area contributed by atoms with Gasteiger partial charge in [-0.3, -0.25) is 10.1 Å². The number of halogens is 1. The maximum atomic E-state index is 11.9. The van der Waals surface area contributed by atoms with E-state index in [0.29, 0.717) is 17.0 Å². The van der Waals surface area contributed by atoms with E-state index in [0.717, 1.165) is 6.07 Å². The van der Waals surface area contributed by atoms with Crippen molar-refractivity contribution in [3.05, 3.63) is 38.5 Å². The summed E-state index contributed by atoms with van der Waals surface area (Å²) in [4.78, 5) is 9.86. The van der Waals surface area contributed by atoms with E-state index in [-0.39, 0.29) is 15.1 Å². The van der Waals surface area contributed by atoms with Gasteiger partial charge in [0, 0.05) is 12.1 Å². The lowest BCUT2D eigenvalue weighted by molar-refractivity contribution is -0.384. The molecule has 0 atom stereocenters. The van der Waals surface area contributed by atoms with Gasteiger partial charge >= 0.3 is 0 Å². The zero-order chi connectivity index (χ0) is 14.0. The van der Waals surface area contributed by atoms with Crippen LogP contribution in [-0.4, -0.2) is 18.5 Å². The number of nitrogens with one attached hydrogen (secondary N) is 1. The standard InChI is InChI=1S/C8H6ClN3O5S2/c9-8-6(12(13)14)3-7(18-8)19(15,16)10-4-5-1-2-17-11-5/h1-3,10H,4H2. The van der Waals surface area contributed by atoms with Crippen LogP contribution >= 0.6 is 22.9 Å². The van der Waals surface area contributed by atoms with Crippen molar-refractivity contribution < 1.29 is 17.9 Å². The maximum absolute atomic E-state index is 11.9. The third kappa shape index (κ3) is 3.10. The average Bonchev–Trinajstić information content (AvgIpc) is 2.95. The van der Waals surface area contributed by atoms with Crippen LogP contribution in [0.1, 0.15) is 5.69 Å². The highest BCUT2D eigenvalue weighted by Crippen LogP contribution is 2.36. The molecule has 2 aromatic heterocycles. The lowest BCUT2D eigenvalue weighted by Crippen LogP contribution is -2.22. The number of rotatable bonds is 5. The summed E-state index contributed by atoms with van der Waals surface area (Å²) in [6.45, 7) is -0.0812. The fourth-order valence-electron chi connectivity index (χ4n) is 1.16. The fraction of sp³-hybridized carbons (Fsp3) is 0.125. The second-order valence-corrected chi connectivity index (χ2v) is 6.94. The summed E-state index contributed by atoms with van der Waals surface area (Å²) in [5.41, 5.74) is -0.0470. The zero-order valence-electron chi connectivity index (χ0n) is 9.07. The Morgan fingerprint density at radius 1 is 1.58 bits per heavy atom. The molecule has 0 bridgehead atoms. The molecule has 0 saturated heterocycles. The van der Waals surface area contributed by atoms with Crippen LogP contribution in [0.2, 0.25) is 4.34 Å². The van der Waals surface area contributed by atoms with Gasteiger partial charge in [0.2, 0.25) is 0 Å². The van der Waals surface area contributed by atoms with Crippen LogP contribution in [0, 0.1) is 10.1 Å². The molecule has 0 fully saturated rings. The summed E-state index contributed by atoms with van der Waals surface area (Å²) in [6.07, 6.45) is 1.30. The third-order valence-corrected chi connectivity index (χ3v) is 5.25. The first kappa shape index (κ1) is 13.9. The Hall–Kier alpha value is -1.49. The molecule has 19 heavy (non-hydrogen) atoms. The van der Waals surface area contributed by atoms with E-state index in [1.165, 1.54) is 12.3 Å². The van der Waals surface area contributed by atoms with Crippen LogP contribution in [-0.2, 0) is 16.6 Å². The number of nitro groups is 1. The molecule has 8 nitrogen and oxygen atoms in total. The first-order valence-corrected chi connectivity index (χ1v) is 7.40. The van der Waals surface area contributed by atoms with Crippen molar-refractivity contribution in [2.75, 3.05) is 0 Å². The molecular formula is C8H6ClN3O5S2. The van der Waals surface area contributed by atoms with Gasteiger partial charge in [0.1, 0.15) is 10.5 Å². The molecule has 2 rings (SSSR count). The van der Waals surface area contributed by atoms with E-state index >= 15 is 0 Å². The quantitative estimate of drug-likeness (QED) is 0.662. The third-order valence-electron chi connectivity index (χ3n) is 2.04. The van der Waals surface area contributed by atoms with E-state index in [4.69, 9.17) is 11.6 Å². The molecular weight excluding hydrogens is 318 g/mol. The summed E-state index contributed by atoms with van der Waals surface area (Å²) in [7, 11) is -3.87. The van der Waals surface area contributed by atoms with Crippen LogP contribution in [0.15, 0.2) is 27.1 Å². The van der Waals surface area contributed by atoms with E-state index < -0.39 is 20.6 Å². The van der Waals surface area contributed by atoms with E-state index in [1.54, 1.807) is 0 Å². The normalized spacial score (nSPS) is 11.6. The number of thiophene rings is 1. The summed E-state index contributed by atoms with van der Waals surface area (Å²) < 4.78 is 30.1. The first-order chi connectivity index (χ1) is 8.90. The molecule has 0 saturated carbocycles. The van der Waals surface area contributed by atoms with Crippen molar-refractivity contribution in [1.82, 2.24) is 9.88 Å². The Labute approximate surface area is 116 Å². The Balaban J connectivity index is 2.20. The number of sulfonamides is 1. The van der Waals surface area contributed by atoms with Gasteiger partial charge in [0.25, 0.3) is 15.7 Å². The maximum Gasteiger partial charge on any atom is 0.300 e. The lowest BCUT2D eigenvalue weighted by atomic mass is 10.5. The molecule has 0 aliphatic rings. The second-order valence-electron chi connectivity index (χ2n) is 3.30. The molecule has 0 aliphatic heterocycles. The largest absolute Gasteiger partial charge is 0.364 e. The van der Waals surface area contributed by atoms with Crippen LogP contribution < -0.4 is 4.72 Å². The Morgan fingerprint density at radius 2 is 2.32 bits per heavy atom. The number of aromatic nitrogens is 1. The van der Waals surface area contributed by atoms with Crippen LogP contribution in [0.5, 0.6) is 0 Å². The molecule has 1 N–H and O–H groups in total. The van der Waals surface area contributed by atoms with Crippen molar-refractivity contribution in [3.8, 4) is 0 Å². The van der Waals surface area contributed by atoms with Gasteiger partial charge in [-0.25, -0.2) is 13.1 Å². The van der Waals surface area contributed by atoms with Crippen molar-refractivity contribution in [3.63, 3.8) is 0 Å². The SMILES string of the molecule is O=[N+]([O-])c1cc(S(=O)(=O)NCc2ccon2)sc1Cl. The monoisotopic (exact) mass is 323 g/mol. The fourth-order valence-corrected chi connectivity index (χ4v) is 3.87. The summed E-state index contributed by atoms with van der Waals surface area (Å²) >= 11 is 6.22. The number of hydrogen-bond donors (Lipinski definition) is 1. The predicted octanol–water partition coefficient (Wildman–Crippen LogP) is 1.78. The molecule has 0 aromatic carbocycles. The topological polar surface area (TPSA) is 115 Å². The average molecular weight is 324 g/mol. The van der Waals surface area contributed by atoms with Gasteiger partial charge < -0.3 is 4.52 Å². The van der Waals surface area contributed by atoms with E-state index in [9.17, 15) is 18.5 Å². The molecule has 2 heterocycles. The smallest absolute Gasteiger partial charge is 0.300 e. The molecule has 0 amide bonds. The first-order valence-electron chi connectivity index (χ1n) is 4.73. The van der Waals surface area contributed by atoms with E-state index in [1.807, 2.05) is 0 Å². The van der Waals surface area contributed by atoms with Gasteiger partial charge in [-0.15, -0.1) is 11.3 Å². The van der Waals surface area contributed by atoms with Gasteiger partial charge in [-0.05, 0) is 0 Å². The molecule has 2 aromatic rings. The minimum absolute atomic E-state index is 0.0812. The van der Waals surface area contributed by atoms with E-state index in [2.05, 4.69) is 14.4 Å². The number of nitrogens with zero attached hydrogens (tertiary/aromatic N) is 2. The highest BCUT2D eigenvalue weighted by Gasteiger charge is 2.25. The molecule has 0 aliphatic carbocycles. The summed E-state index contributed by atoms with van der Waals surface area (Å²) in [5.74, 6) is 0. The highest BCUT2D eigenvalue weighted by molar-refractivity contribution is 7.91. The molecule has 102 valence electrons. The minimum Gasteiger partial charge on any atom is -0.364 e. The van der Waals surface area contributed by atoms with Gasteiger partial charge in [0.15, 0.2) is 4.34 Å². The second kappa shape index (κ2) is 5.25. The zero-order valence-corrected chi connectivity index (χ0v) is 11.5. The molecule has 0 spiro atoms. The number of hydrogen-bond acceptors (Lipinski definition) is 7. The summed E-state index contributed by atoms with van der Waals surface area (Å²) in [6, 6.07) is 2.41. The molecule has 0 unspecified atom stereocenters. The van der Waals surface area contributed by atoms with Crippen molar-refractivity contribution >= 4 is 38.6 Å². The van der Waals surface area contributed by atoms with Crippen LogP contribution in [0.4, 0.5) is 5.69 Å². The predicted molar refractivity (Wildman–Crippen MR) is 66.5 cm³/mol. The van der Waals surface area contributed by atoms with Crippen LogP contribution in [0.3, 0.4) is 0 Å². The Morgan fingerprint density at radius 3 is 2.84 bits per heavy atom. The van der Waals surface area contributed by atoms with Gasteiger partial charge in [-0.1, -0.05) is 16.8 Å². The van der Waals surface area contributed by atoms with Gasteiger partial charge in [-0.2, -0.15) is 0 Å². The van der Waals surface area contributed by atoms with Crippen LogP contribution in [0.25, 0.3) is 0 Å². The van der Waals surface area contributed by atoms with Crippen molar-refractivity contribution in [2.24, 2.45) is 0 Å². The Kier molecular flexibility index (Phi) is 3.85. The van der Waals surface area contributed by atoms with Gasteiger partial charge in [0.05, 0.1) is 17.2 Å². The minimum atomic E-state index is -3.87. The summed E-state index contributed by atoms with van der Waals surface area (Å²) in [5, 5.41) is 14.1. The molecule has 11 heteroatoms. The highest BCUT2D eigenvalue weighted by atomic mass is 35.5. The Bertz CT molecular complexity index is 694. The molecule has 0 radical (unpaired) electrons.